The minimum atomic E-state index is -3.92. The lowest BCUT2D eigenvalue weighted by atomic mass is 10.2. The second-order valence-corrected chi connectivity index (χ2v) is 7.43. The molecule has 0 radical (unpaired) electrons. The van der Waals surface area contributed by atoms with E-state index in [0.717, 1.165) is 6.26 Å². The van der Waals surface area contributed by atoms with E-state index >= 15 is 0 Å². The quantitative estimate of drug-likeness (QED) is 0.749. The lowest BCUT2D eigenvalue weighted by molar-refractivity contribution is 0.148. The summed E-state index contributed by atoms with van der Waals surface area (Å²) in [5, 5.41) is 10.8. The van der Waals surface area contributed by atoms with Crippen molar-refractivity contribution in [2.75, 3.05) is 13.2 Å². The molecule has 0 aliphatic heterocycles. The largest absolute Gasteiger partial charge is 0.464 e. The highest BCUT2D eigenvalue weighted by Crippen LogP contribution is 2.59. The molecule has 23 heavy (non-hydrogen) atoms. The number of benzene rings is 1. The van der Waals surface area contributed by atoms with E-state index in [-0.39, 0.29) is 39.8 Å². The van der Waals surface area contributed by atoms with Crippen LogP contribution < -0.4 is 5.43 Å². The van der Waals surface area contributed by atoms with Gasteiger partial charge < -0.3 is 18.6 Å². The molecule has 9 heteroatoms. The molecule has 0 fully saturated rings. The maximum atomic E-state index is 12.6. The van der Waals surface area contributed by atoms with Crippen molar-refractivity contribution in [1.82, 2.24) is 0 Å². The number of rotatable bonds is 6. The van der Waals surface area contributed by atoms with Crippen molar-refractivity contribution in [2.24, 2.45) is 0 Å². The van der Waals surface area contributed by atoms with E-state index in [1.54, 1.807) is 13.8 Å². The van der Waals surface area contributed by atoms with E-state index in [1.165, 1.54) is 12.1 Å². The zero-order valence-corrected chi connectivity index (χ0v) is 14.8. The maximum absolute atomic E-state index is 12.6. The molecule has 1 aromatic heterocycles. The van der Waals surface area contributed by atoms with Gasteiger partial charge in [0.1, 0.15) is 11.8 Å². The van der Waals surface area contributed by atoms with Crippen molar-refractivity contribution in [2.45, 2.75) is 19.7 Å². The third kappa shape index (κ3) is 3.63. The fourth-order valence-electron chi connectivity index (χ4n) is 2.03. The molecule has 2 aromatic rings. The Morgan fingerprint density at radius 2 is 1.78 bits per heavy atom. The molecule has 0 saturated carbocycles. The van der Waals surface area contributed by atoms with Gasteiger partial charge in [-0.25, -0.2) is 0 Å². The van der Waals surface area contributed by atoms with Crippen LogP contribution in [0.2, 0.25) is 10.0 Å². The summed E-state index contributed by atoms with van der Waals surface area (Å²) in [4.78, 5) is 12.5. The summed E-state index contributed by atoms with van der Waals surface area (Å²) in [6, 6.07) is 2.72. The fourth-order valence-corrected chi connectivity index (χ4v) is 3.94. The number of aliphatic hydroxyl groups excluding tert-OH is 1. The molecule has 0 aliphatic carbocycles. The lowest BCUT2D eigenvalue weighted by Gasteiger charge is -2.21. The van der Waals surface area contributed by atoms with Gasteiger partial charge in [0.05, 0.1) is 34.2 Å². The Labute approximate surface area is 142 Å². The van der Waals surface area contributed by atoms with Crippen LogP contribution >= 0.6 is 30.8 Å². The van der Waals surface area contributed by atoms with Gasteiger partial charge in [0.2, 0.25) is 0 Å². The molecule has 6 nitrogen and oxygen atoms in total. The molecule has 0 spiro atoms. The number of hydrogen-bond acceptors (Lipinski definition) is 6. The summed E-state index contributed by atoms with van der Waals surface area (Å²) in [5.41, 5.74) is -0.624. The van der Waals surface area contributed by atoms with Gasteiger partial charge in [0, 0.05) is 6.07 Å². The van der Waals surface area contributed by atoms with Crippen LogP contribution in [0.4, 0.5) is 0 Å². The standard InChI is InChI=1S/C14H15Cl2O6P/c1-3-21-23(19,22-4-2)14(18)9-7-20-12-6-11(16)10(15)5-8(12)13(9)17/h5-7,14,18H,3-4H2,1-2H3. The second kappa shape index (κ2) is 7.34. The normalized spacial score (nSPS) is 13.4. The first-order valence-electron chi connectivity index (χ1n) is 6.81. The van der Waals surface area contributed by atoms with Crippen LogP contribution in [-0.2, 0) is 13.6 Å². The Bertz CT molecular complexity index is 809. The second-order valence-electron chi connectivity index (χ2n) is 4.53. The Morgan fingerprint density at radius 1 is 1.22 bits per heavy atom. The van der Waals surface area contributed by atoms with Crippen molar-refractivity contribution >= 4 is 41.8 Å². The highest BCUT2D eigenvalue weighted by Gasteiger charge is 2.37. The van der Waals surface area contributed by atoms with Crippen LogP contribution in [0.15, 0.2) is 27.6 Å². The SMILES string of the molecule is CCOP(=O)(OCC)C(O)c1coc2cc(Cl)c(Cl)cc2c1=O. The molecule has 1 N–H and O–H groups in total. The molecular weight excluding hydrogens is 366 g/mol. The summed E-state index contributed by atoms with van der Waals surface area (Å²) < 4.78 is 28.0. The third-order valence-corrected chi connectivity index (χ3v) is 5.87. The zero-order chi connectivity index (χ0) is 17.2. The van der Waals surface area contributed by atoms with Crippen LogP contribution in [0.25, 0.3) is 11.0 Å². The first kappa shape index (κ1) is 18.5. The van der Waals surface area contributed by atoms with Gasteiger partial charge in [-0.3, -0.25) is 9.36 Å². The fraction of sp³-hybridized carbons (Fsp3) is 0.357. The minimum Gasteiger partial charge on any atom is -0.464 e. The molecule has 0 aliphatic rings. The molecule has 0 bridgehead atoms. The van der Waals surface area contributed by atoms with E-state index < -0.39 is 18.9 Å². The van der Waals surface area contributed by atoms with Gasteiger partial charge in [-0.15, -0.1) is 0 Å². The Balaban J connectivity index is 2.59. The minimum absolute atomic E-state index is 0.0503. The number of fused-ring (bicyclic) bond motifs is 1. The lowest BCUT2D eigenvalue weighted by Crippen LogP contribution is -2.16. The van der Waals surface area contributed by atoms with Crippen LogP contribution in [0.5, 0.6) is 0 Å². The highest BCUT2D eigenvalue weighted by atomic mass is 35.5. The van der Waals surface area contributed by atoms with Crippen molar-refractivity contribution in [3.05, 3.63) is 44.2 Å². The van der Waals surface area contributed by atoms with E-state index in [1.807, 2.05) is 0 Å². The number of hydrogen-bond donors (Lipinski definition) is 1. The molecule has 2 rings (SSSR count). The molecule has 1 unspecified atom stereocenters. The van der Waals surface area contributed by atoms with Crippen molar-refractivity contribution in [3.63, 3.8) is 0 Å². The Kier molecular flexibility index (Phi) is 5.89. The number of halogens is 2. The Hall–Kier alpha value is -0.880. The van der Waals surface area contributed by atoms with Gasteiger partial charge in [-0.1, -0.05) is 23.2 Å². The Morgan fingerprint density at radius 3 is 2.35 bits per heavy atom. The van der Waals surface area contributed by atoms with Gasteiger partial charge in [-0.2, -0.15) is 0 Å². The van der Waals surface area contributed by atoms with Crippen molar-refractivity contribution < 1.29 is 23.1 Å². The highest BCUT2D eigenvalue weighted by molar-refractivity contribution is 7.54. The first-order chi connectivity index (χ1) is 10.8. The monoisotopic (exact) mass is 380 g/mol. The topological polar surface area (TPSA) is 86.0 Å². The summed E-state index contributed by atoms with van der Waals surface area (Å²) in [7, 11) is -3.92. The zero-order valence-electron chi connectivity index (χ0n) is 12.4. The van der Waals surface area contributed by atoms with E-state index in [2.05, 4.69) is 0 Å². The van der Waals surface area contributed by atoms with Crippen LogP contribution in [0, 0.1) is 0 Å². The van der Waals surface area contributed by atoms with Crippen molar-refractivity contribution in [1.29, 1.82) is 0 Å². The summed E-state index contributed by atoms with van der Waals surface area (Å²) >= 11 is 11.8. The van der Waals surface area contributed by atoms with Gasteiger partial charge in [0.15, 0.2) is 11.3 Å². The summed E-state index contributed by atoms with van der Waals surface area (Å²) in [6.45, 7) is 3.30. The van der Waals surface area contributed by atoms with E-state index in [0.29, 0.717) is 0 Å². The summed E-state index contributed by atoms with van der Waals surface area (Å²) in [6.07, 6.45) is 1.02. The molecular formula is C14H15Cl2O6P. The first-order valence-corrected chi connectivity index (χ1v) is 9.18. The molecule has 126 valence electrons. The van der Waals surface area contributed by atoms with Gasteiger partial charge in [-0.05, 0) is 19.9 Å². The predicted molar refractivity (Wildman–Crippen MR) is 88.3 cm³/mol. The van der Waals surface area contributed by atoms with Crippen LogP contribution in [-0.4, -0.2) is 18.3 Å². The molecule has 1 heterocycles. The van der Waals surface area contributed by atoms with E-state index in [4.69, 9.17) is 36.7 Å². The average Bonchev–Trinajstić information content (AvgIpc) is 2.49. The predicted octanol–water partition coefficient (Wildman–Crippen LogP) is 4.36. The van der Waals surface area contributed by atoms with Crippen molar-refractivity contribution in [3.8, 4) is 0 Å². The maximum Gasteiger partial charge on any atom is 0.363 e. The molecule has 0 amide bonds. The van der Waals surface area contributed by atoms with Gasteiger partial charge in [0.25, 0.3) is 0 Å². The molecule has 0 saturated heterocycles. The smallest absolute Gasteiger partial charge is 0.363 e. The van der Waals surface area contributed by atoms with Crippen LogP contribution in [0.1, 0.15) is 25.3 Å². The summed E-state index contributed by atoms with van der Waals surface area (Å²) in [5.74, 6) is -1.77. The van der Waals surface area contributed by atoms with Crippen LogP contribution in [0.3, 0.4) is 0 Å². The van der Waals surface area contributed by atoms with E-state index in [9.17, 15) is 14.5 Å². The molecule has 1 aromatic carbocycles. The third-order valence-electron chi connectivity index (χ3n) is 3.04. The molecule has 1 atom stereocenters. The average molecular weight is 381 g/mol. The number of aliphatic hydroxyl groups is 1. The van der Waals surface area contributed by atoms with Gasteiger partial charge >= 0.3 is 7.60 Å².